The number of carboxylic acid groups (broad SMARTS) is 1. The van der Waals surface area contributed by atoms with Crippen LogP contribution in [0.1, 0.15) is 30.4 Å². The summed E-state index contributed by atoms with van der Waals surface area (Å²) in [5, 5.41) is 11.7. The van der Waals surface area contributed by atoms with Gasteiger partial charge in [-0.25, -0.2) is 0 Å². The third-order valence-electron chi connectivity index (χ3n) is 3.67. The van der Waals surface area contributed by atoms with Crippen molar-refractivity contribution in [3.8, 4) is 0 Å². The highest BCUT2D eigenvalue weighted by Gasteiger charge is 2.30. The summed E-state index contributed by atoms with van der Waals surface area (Å²) < 4.78 is 42.4. The van der Waals surface area contributed by atoms with Crippen LogP contribution in [0.3, 0.4) is 0 Å². The summed E-state index contributed by atoms with van der Waals surface area (Å²) in [6.07, 6.45) is -3.63. The van der Waals surface area contributed by atoms with E-state index in [-0.39, 0.29) is 37.9 Å². The monoisotopic (exact) mass is 426 g/mol. The Kier molecular flexibility index (Phi) is 11.2. The molecule has 1 unspecified atom stereocenters. The van der Waals surface area contributed by atoms with Gasteiger partial charge in [0.15, 0.2) is 5.92 Å². The number of benzene rings is 1. The molecule has 7 nitrogen and oxygen atoms in total. The van der Waals surface area contributed by atoms with E-state index in [1.165, 1.54) is 0 Å². The summed E-state index contributed by atoms with van der Waals surface area (Å²) in [7, 11) is 0. The van der Waals surface area contributed by atoms with Crippen LogP contribution in [0.15, 0.2) is 24.3 Å². The molecule has 158 valence electrons. The first-order valence-electron chi connectivity index (χ1n) is 8.17. The smallest absolute Gasteiger partial charge is 0.416 e. The molecule has 0 radical (unpaired) electrons. The average Bonchev–Trinajstić information content (AvgIpc) is 2.61. The van der Waals surface area contributed by atoms with Gasteiger partial charge < -0.3 is 20.9 Å². The fourth-order valence-electron chi connectivity index (χ4n) is 2.16. The standard InChI is InChI=1S/C17H21F3N2O5.ClH/c18-17(19,20)12-6-4-11(5-7-12)10-27-16(26)13(15(24)25)3-1-2-8-22-14(23)9-21;/h4-7,13H,1-3,8-10,21H2,(H,22,23)(H,24,25);1H. The number of halogens is 4. The minimum absolute atomic E-state index is 0. The molecule has 1 amide bonds. The second kappa shape index (κ2) is 12.2. The number of aliphatic carboxylic acids is 1. The van der Waals surface area contributed by atoms with E-state index in [9.17, 15) is 27.6 Å². The van der Waals surface area contributed by atoms with Crippen molar-refractivity contribution in [2.75, 3.05) is 13.1 Å². The average molecular weight is 427 g/mol. The molecule has 1 aromatic carbocycles. The van der Waals surface area contributed by atoms with Gasteiger partial charge in [-0.3, -0.25) is 14.4 Å². The maximum atomic E-state index is 12.5. The van der Waals surface area contributed by atoms with Crippen LogP contribution in [0, 0.1) is 5.92 Å². The van der Waals surface area contributed by atoms with E-state index < -0.39 is 29.6 Å². The summed E-state index contributed by atoms with van der Waals surface area (Å²) >= 11 is 0. The fourth-order valence-corrected chi connectivity index (χ4v) is 2.16. The minimum atomic E-state index is -4.47. The van der Waals surface area contributed by atoms with Gasteiger partial charge >= 0.3 is 18.1 Å². The number of alkyl halides is 3. The number of hydrogen-bond acceptors (Lipinski definition) is 5. The van der Waals surface area contributed by atoms with Gasteiger partial charge in [0.05, 0.1) is 12.1 Å². The Balaban J connectivity index is 0.00000729. The van der Waals surface area contributed by atoms with Gasteiger partial charge in [-0.2, -0.15) is 13.2 Å². The van der Waals surface area contributed by atoms with Gasteiger partial charge in [-0.1, -0.05) is 18.6 Å². The third-order valence-corrected chi connectivity index (χ3v) is 3.67. The molecule has 4 N–H and O–H groups in total. The number of unbranched alkanes of at least 4 members (excludes halogenated alkanes) is 1. The number of esters is 1. The van der Waals surface area contributed by atoms with E-state index >= 15 is 0 Å². The van der Waals surface area contributed by atoms with Crippen LogP contribution < -0.4 is 11.1 Å². The molecule has 0 aliphatic rings. The number of carbonyl (C=O) groups excluding carboxylic acids is 2. The first-order chi connectivity index (χ1) is 12.6. The zero-order chi connectivity index (χ0) is 20.4. The van der Waals surface area contributed by atoms with Crippen molar-refractivity contribution >= 4 is 30.3 Å². The van der Waals surface area contributed by atoms with Gasteiger partial charge in [0.2, 0.25) is 5.91 Å². The Hall–Kier alpha value is -2.33. The largest absolute Gasteiger partial charge is 0.481 e. The first-order valence-corrected chi connectivity index (χ1v) is 8.17. The Morgan fingerprint density at radius 1 is 1.14 bits per heavy atom. The maximum absolute atomic E-state index is 12.5. The molecular weight excluding hydrogens is 405 g/mol. The molecule has 0 aliphatic carbocycles. The van der Waals surface area contributed by atoms with E-state index in [1.54, 1.807) is 0 Å². The summed E-state index contributed by atoms with van der Waals surface area (Å²) in [4.78, 5) is 34.1. The van der Waals surface area contributed by atoms with Crippen molar-refractivity contribution in [1.29, 1.82) is 0 Å². The summed E-state index contributed by atoms with van der Waals surface area (Å²) in [6.45, 7) is -0.162. The summed E-state index contributed by atoms with van der Waals surface area (Å²) in [5.41, 5.74) is 4.60. The predicted molar refractivity (Wildman–Crippen MR) is 95.5 cm³/mol. The Bertz CT molecular complexity index is 653. The second-order valence-electron chi connectivity index (χ2n) is 5.74. The number of carbonyl (C=O) groups is 3. The molecule has 0 saturated heterocycles. The maximum Gasteiger partial charge on any atom is 0.416 e. The minimum Gasteiger partial charge on any atom is -0.481 e. The highest BCUT2D eigenvalue weighted by atomic mass is 35.5. The fraction of sp³-hybridized carbons (Fsp3) is 0.471. The van der Waals surface area contributed by atoms with Crippen LogP contribution in [0.25, 0.3) is 0 Å². The molecule has 11 heteroatoms. The van der Waals surface area contributed by atoms with Crippen LogP contribution in [-0.4, -0.2) is 36.0 Å². The molecular formula is C17H22ClF3N2O5. The highest BCUT2D eigenvalue weighted by molar-refractivity contribution is 5.93. The Morgan fingerprint density at radius 3 is 2.25 bits per heavy atom. The Labute approximate surface area is 165 Å². The number of hydrogen-bond donors (Lipinski definition) is 3. The van der Waals surface area contributed by atoms with Crippen molar-refractivity contribution in [1.82, 2.24) is 5.32 Å². The molecule has 1 rings (SSSR count). The predicted octanol–water partition coefficient (Wildman–Crippen LogP) is 2.12. The van der Waals surface area contributed by atoms with Crippen molar-refractivity contribution in [2.24, 2.45) is 11.7 Å². The van der Waals surface area contributed by atoms with Gasteiger partial charge in [-0.15, -0.1) is 12.4 Å². The van der Waals surface area contributed by atoms with E-state index in [0.29, 0.717) is 24.9 Å². The third kappa shape index (κ3) is 9.05. The molecule has 0 aromatic heterocycles. The highest BCUT2D eigenvalue weighted by Crippen LogP contribution is 2.29. The van der Waals surface area contributed by atoms with Crippen molar-refractivity contribution in [3.63, 3.8) is 0 Å². The van der Waals surface area contributed by atoms with Gasteiger partial charge in [0, 0.05) is 6.54 Å². The number of nitrogens with one attached hydrogen (secondary N) is 1. The molecule has 28 heavy (non-hydrogen) atoms. The zero-order valence-electron chi connectivity index (χ0n) is 14.8. The number of ether oxygens (including phenoxy) is 1. The van der Waals surface area contributed by atoms with Crippen molar-refractivity contribution in [3.05, 3.63) is 35.4 Å². The number of nitrogens with two attached hydrogens (primary N) is 1. The quantitative estimate of drug-likeness (QED) is 0.299. The molecule has 0 heterocycles. The molecule has 0 fully saturated rings. The Morgan fingerprint density at radius 2 is 1.75 bits per heavy atom. The van der Waals surface area contributed by atoms with Crippen LogP contribution in [0.5, 0.6) is 0 Å². The molecule has 0 bridgehead atoms. The molecule has 1 atom stereocenters. The van der Waals surface area contributed by atoms with Crippen molar-refractivity contribution in [2.45, 2.75) is 32.0 Å². The van der Waals surface area contributed by atoms with Gasteiger partial charge in [0.25, 0.3) is 0 Å². The second-order valence-corrected chi connectivity index (χ2v) is 5.74. The van der Waals surface area contributed by atoms with E-state index in [0.717, 1.165) is 24.3 Å². The molecule has 1 aromatic rings. The molecule has 0 aliphatic heterocycles. The first kappa shape index (κ1) is 25.7. The lowest BCUT2D eigenvalue weighted by atomic mass is 10.0. The van der Waals surface area contributed by atoms with E-state index in [4.69, 9.17) is 15.6 Å². The van der Waals surface area contributed by atoms with Crippen LogP contribution in [0.2, 0.25) is 0 Å². The van der Waals surface area contributed by atoms with Gasteiger partial charge in [0.1, 0.15) is 6.61 Å². The zero-order valence-corrected chi connectivity index (χ0v) is 15.6. The SMILES string of the molecule is Cl.NCC(=O)NCCCCC(C(=O)O)C(=O)OCc1ccc(C(F)(F)F)cc1. The number of rotatable bonds is 10. The topological polar surface area (TPSA) is 119 Å². The molecule has 0 spiro atoms. The van der Waals surface area contributed by atoms with Crippen molar-refractivity contribution < 1.29 is 37.4 Å². The molecule has 0 saturated carbocycles. The number of carboxylic acids is 1. The van der Waals surface area contributed by atoms with Crippen LogP contribution >= 0.6 is 12.4 Å². The van der Waals surface area contributed by atoms with Crippen LogP contribution in [0.4, 0.5) is 13.2 Å². The van der Waals surface area contributed by atoms with E-state index in [2.05, 4.69) is 5.32 Å². The van der Waals surface area contributed by atoms with E-state index in [1.807, 2.05) is 0 Å². The summed E-state index contributed by atoms with van der Waals surface area (Å²) in [6, 6.07) is 4.03. The number of amides is 1. The van der Waals surface area contributed by atoms with Crippen LogP contribution in [-0.2, 0) is 31.9 Å². The van der Waals surface area contributed by atoms with Gasteiger partial charge in [-0.05, 0) is 30.5 Å². The lowest BCUT2D eigenvalue weighted by Gasteiger charge is -2.13. The normalized spacial score (nSPS) is 11.9. The lowest BCUT2D eigenvalue weighted by molar-refractivity contribution is -0.160. The summed E-state index contributed by atoms with van der Waals surface area (Å²) in [5.74, 6) is -4.03. The lowest BCUT2D eigenvalue weighted by Crippen LogP contribution is -2.31.